The zero-order valence-electron chi connectivity index (χ0n) is 15.1. The monoisotopic (exact) mass is 381 g/mol. The smallest absolute Gasteiger partial charge is 0.216 e. The Bertz CT molecular complexity index is 783. The molecule has 3 rings (SSSR count). The molecule has 2 aromatic rings. The Labute approximate surface area is 154 Å². The van der Waals surface area contributed by atoms with Crippen molar-refractivity contribution in [1.29, 1.82) is 0 Å². The SMILES string of the molecule is CC(C)(C)S(=O)(=O)NCC1CCC(Nc2nc3ccccc3s2)CC1. The van der Waals surface area contributed by atoms with Crippen LogP contribution in [-0.4, -0.2) is 30.7 Å². The Morgan fingerprint density at radius 2 is 1.84 bits per heavy atom. The van der Waals surface area contributed by atoms with Crippen LogP contribution in [0.25, 0.3) is 10.2 Å². The van der Waals surface area contributed by atoms with Crippen LogP contribution >= 0.6 is 11.3 Å². The standard InChI is InChI=1S/C18H27N3O2S2/c1-18(2,3)25(22,23)19-12-13-8-10-14(11-9-13)20-17-21-15-6-4-5-7-16(15)24-17/h4-7,13-14,19H,8-12H2,1-3H3,(H,20,21). The Kier molecular flexibility index (Phi) is 5.37. The van der Waals surface area contributed by atoms with E-state index in [2.05, 4.69) is 21.1 Å². The number of nitrogens with one attached hydrogen (secondary N) is 2. The number of rotatable bonds is 5. The normalized spacial score (nSPS) is 22.2. The molecule has 5 nitrogen and oxygen atoms in total. The van der Waals surface area contributed by atoms with Gasteiger partial charge in [0, 0.05) is 12.6 Å². The highest BCUT2D eigenvalue weighted by molar-refractivity contribution is 7.90. The zero-order valence-corrected chi connectivity index (χ0v) is 16.7. The summed E-state index contributed by atoms with van der Waals surface area (Å²) in [6.07, 6.45) is 4.18. The molecule has 0 amide bonds. The summed E-state index contributed by atoms with van der Waals surface area (Å²) in [5.41, 5.74) is 1.04. The van der Waals surface area contributed by atoms with Crippen LogP contribution in [0.3, 0.4) is 0 Å². The zero-order chi connectivity index (χ0) is 18.1. The summed E-state index contributed by atoms with van der Waals surface area (Å²) < 4.78 is 27.6. The summed E-state index contributed by atoms with van der Waals surface area (Å²) >= 11 is 1.69. The molecule has 1 aliphatic rings. The van der Waals surface area contributed by atoms with Crippen LogP contribution < -0.4 is 10.0 Å². The fourth-order valence-electron chi connectivity index (χ4n) is 3.06. The summed E-state index contributed by atoms with van der Waals surface area (Å²) in [5, 5.41) is 4.54. The quantitative estimate of drug-likeness (QED) is 0.822. The van der Waals surface area contributed by atoms with Gasteiger partial charge in [0.25, 0.3) is 0 Å². The van der Waals surface area contributed by atoms with E-state index in [1.54, 1.807) is 32.1 Å². The number of hydrogen-bond donors (Lipinski definition) is 2. The van der Waals surface area contributed by atoms with Gasteiger partial charge in [0.2, 0.25) is 10.0 Å². The van der Waals surface area contributed by atoms with E-state index in [4.69, 9.17) is 0 Å². The molecule has 1 heterocycles. The fraction of sp³-hybridized carbons (Fsp3) is 0.611. The molecule has 7 heteroatoms. The highest BCUT2D eigenvalue weighted by Gasteiger charge is 2.30. The Hall–Kier alpha value is -1.18. The maximum Gasteiger partial charge on any atom is 0.216 e. The summed E-state index contributed by atoms with van der Waals surface area (Å²) in [4.78, 5) is 4.64. The number of fused-ring (bicyclic) bond motifs is 1. The van der Waals surface area contributed by atoms with E-state index in [9.17, 15) is 8.42 Å². The van der Waals surface area contributed by atoms with Crippen molar-refractivity contribution in [3.8, 4) is 0 Å². The van der Waals surface area contributed by atoms with Crippen LogP contribution in [0.15, 0.2) is 24.3 Å². The molecule has 0 atom stereocenters. The van der Waals surface area contributed by atoms with Gasteiger partial charge < -0.3 is 5.32 Å². The molecule has 1 aliphatic carbocycles. The summed E-state index contributed by atoms with van der Waals surface area (Å²) in [5.74, 6) is 0.422. The lowest BCUT2D eigenvalue weighted by molar-refractivity contribution is 0.336. The molecule has 0 unspecified atom stereocenters. The van der Waals surface area contributed by atoms with Gasteiger partial charge in [-0.2, -0.15) is 0 Å². The third kappa shape index (κ3) is 4.51. The van der Waals surface area contributed by atoms with E-state index < -0.39 is 14.8 Å². The number of hydrogen-bond acceptors (Lipinski definition) is 5. The number of aromatic nitrogens is 1. The molecule has 1 fully saturated rings. The molecule has 0 bridgehead atoms. The first-order valence-electron chi connectivity index (χ1n) is 8.86. The minimum atomic E-state index is -3.25. The van der Waals surface area contributed by atoms with Crippen molar-refractivity contribution in [2.75, 3.05) is 11.9 Å². The van der Waals surface area contributed by atoms with Crippen molar-refractivity contribution >= 4 is 36.7 Å². The maximum atomic E-state index is 12.2. The highest BCUT2D eigenvalue weighted by Crippen LogP contribution is 2.30. The second-order valence-corrected chi connectivity index (χ2v) is 11.4. The Morgan fingerprint density at radius 1 is 1.16 bits per heavy atom. The van der Waals surface area contributed by atoms with Crippen molar-refractivity contribution < 1.29 is 8.42 Å². The van der Waals surface area contributed by atoms with Gasteiger partial charge in [-0.05, 0) is 64.5 Å². The van der Waals surface area contributed by atoms with Crippen molar-refractivity contribution in [2.45, 2.75) is 57.2 Å². The van der Waals surface area contributed by atoms with Crippen molar-refractivity contribution in [3.63, 3.8) is 0 Å². The summed E-state index contributed by atoms with van der Waals surface area (Å²) in [6.45, 7) is 5.74. The molecule has 138 valence electrons. The first kappa shape index (κ1) is 18.6. The van der Waals surface area contributed by atoms with Gasteiger partial charge in [-0.1, -0.05) is 23.5 Å². The van der Waals surface area contributed by atoms with E-state index in [1.165, 1.54) is 4.70 Å². The van der Waals surface area contributed by atoms with Gasteiger partial charge in [0.1, 0.15) is 0 Å². The number of nitrogens with zero attached hydrogens (tertiary/aromatic N) is 1. The van der Waals surface area contributed by atoms with Crippen molar-refractivity contribution in [2.24, 2.45) is 5.92 Å². The van der Waals surface area contributed by atoms with Crippen molar-refractivity contribution in [3.05, 3.63) is 24.3 Å². The molecule has 0 radical (unpaired) electrons. The van der Waals surface area contributed by atoms with E-state index >= 15 is 0 Å². The van der Waals surface area contributed by atoms with Gasteiger partial charge >= 0.3 is 0 Å². The van der Waals surface area contributed by atoms with Crippen LogP contribution in [0, 0.1) is 5.92 Å². The molecule has 2 N–H and O–H groups in total. The van der Waals surface area contributed by atoms with E-state index in [0.717, 1.165) is 36.3 Å². The molecule has 1 aromatic carbocycles. The van der Waals surface area contributed by atoms with E-state index in [-0.39, 0.29) is 0 Å². The minimum absolute atomic E-state index is 0.422. The molecule has 1 saturated carbocycles. The molecule has 0 saturated heterocycles. The molecule has 25 heavy (non-hydrogen) atoms. The van der Waals surface area contributed by atoms with Gasteiger partial charge in [-0.3, -0.25) is 0 Å². The minimum Gasteiger partial charge on any atom is -0.359 e. The molecular weight excluding hydrogens is 354 g/mol. The number of benzene rings is 1. The lowest BCUT2D eigenvalue weighted by atomic mass is 9.86. The summed E-state index contributed by atoms with van der Waals surface area (Å²) in [7, 11) is -3.25. The van der Waals surface area contributed by atoms with Crippen LogP contribution in [0.2, 0.25) is 0 Å². The largest absolute Gasteiger partial charge is 0.359 e. The second-order valence-electron chi connectivity index (χ2n) is 7.81. The van der Waals surface area contributed by atoms with E-state index in [1.807, 2.05) is 18.2 Å². The molecule has 1 aromatic heterocycles. The summed E-state index contributed by atoms with van der Waals surface area (Å²) in [6, 6.07) is 8.60. The Morgan fingerprint density at radius 3 is 2.48 bits per heavy atom. The second kappa shape index (κ2) is 7.21. The number of thiazole rings is 1. The van der Waals surface area contributed by atoms with Gasteiger partial charge in [-0.15, -0.1) is 0 Å². The first-order valence-corrected chi connectivity index (χ1v) is 11.2. The topological polar surface area (TPSA) is 71.1 Å². The van der Waals surface area contributed by atoms with Gasteiger partial charge in [0.15, 0.2) is 5.13 Å². The fourth-order valence-corrected chi connectivity index (χ4v) is 4.89. The van der Waals surface area contributed by atoms with Gasteiger partial charge in [-0.25, -0.2) is 18.1 Å². The van der Waals surface area contributed by atoms with Crippen molar-refractivity contribution in [1.82, 2.24) is 9.71 Å². The molecular formula is C18H27N3O2S2. The average molecular weight is 382 g/mol. The van der Waals surface area contributed by atoms with E-state index in [0.29, 0.717) is 18.5 Å². The van der Waals surface area contributed by atoms with Crippen LogP contribution in [0.4, 0.5) is 5.13 Å². The maximum absolute atomic E-state index is 12.2. The lowest BCUT2D eigenvalue weighted by Gasteiger charge is -2.30. The third-order valence-electron chi connectivity index (χ3n) is 4.84. The van der Waals surface area contributed by atoms with Gasteiger partial charge in [0.05, 0.1) is 15.0 Å². The highest BCUT2D eigenvalue weighted by atomic mass is 32.2. The number of anilines is 1. The third-order valence-corrected chi connectivity index (χ3v) is 7.96. The predicted octanol–water partition coefficient (Wildman–Crippen LogP) is 3.98. The Balaban J connectivity index is 1.49. The molecule has 0 spiro atoms. The molecule has 0 aliphatic heterocycles. The lowest BCUT2D eigenvalue weighted by Crippen LogP contribution is -2.42. The van der Waals surface area contributed by atoms with Crippen LogP contribution in [0.1, 0.15) is 46.5 Å². The van der Waals surface area contributed by atoms with Crippen LogP contribution in [-0.2, 0) is 10.0 Å². The number of para-hydroxylation sites is 1. The average Bonchev–Trinajstić information content (AvgIpc) is 2.95. The first-order chi connectivity index (χ1) is 11.7. The van der Waals surface area contributed by atoms with Crippen LogP contribution in [0.5, 0.6) is 0 Å². The number of sulfonamides is 1. The predicted molar refractivity (Wildman–Crippen MR) is 106 cm³/mol.